The van der Waals surface area contributed by atoms with Crippen molar-refractivity contribution in [2.24, 2.45) is 0 Å². The van der Waals surface area contributed by atoms with Gasteiger partial charge in [-0.2, -0.15) is 0 Å². The molecule has 0 aliphatic heterocycles. The summed E-state index contributed by atoms with van der Waals surface area (Å²) in [5.74, 6) is 0.737. The first-order chi connectivity index (χ1) is 48.9. The molecule has 6 aromatic heterocycles. The second kappa shape index (κ2) is 21.8. The van der Waals surface area contributed by atoms with Gasteiger partial charge in [0, 0.05) is 87.3 Å². The Bertz CT molecular complexity index is 6710. The van der Waals surface area contributed by atoms with Crippen LogP contribution in [-0.2, 0) is 0 Å². The van der Waals surface area contributed by atoms with Crippen molar-refractivity contribution < 1.29 is 8.83 Å². The molecule has 0 N–H and O–H groups in total. The van der Waals surface area contributed by atoms with E-state index in [1.165, 1.54) is 54.6 Å². The molecule has 0 saturated heterocycles. The van der Waals surface area contributed by atoms with Crippen molar-refractivity contribution in [2.45, 2.75) is 20.8 Å². The summed E-state index contributed by atoms with van der Waals surface area (Å²) in [5.41, 5.74) is 28.0. The maximum absolute atomic E-state index is 7.03. The lowest BCUT2D eigenvalue weighted by Gasteiger charge is -2.28. The van der Waals surface area contributed by atoms with Crippen LogP contribution in [0, 0.1) is 13.8 Å². The molecule has 0 spiro atoms. The Balaban J connectivity index is 0.923. The summed E-state index contributed by atoms with van der Waals surface area (Å²) in [6.07, 6.45) is 6.04. The number of furan rings is 2. The third kappa shape index (κ3) is 8.12. The van der Waals surface area contributed by atoms with Gasteiger partial charge in [0.25, 0.3) is 0 Å². The average Bonchev–Trinajstić information content (AvgIpc) is 1.50. The van der Waals surface area contributed by atoms with Gasteiger partial charge >= 0.3 is 0 Å². The van der Waals surface area contributed by atoms with Crippen LogP contribution in [0.25, 0.3) is 166 Å². The highest BCUT2D eigenvalue weighted by molar-refractivity contribution is 6.39. The fraction of sp³-hybridized carbons (Fsp3) is 0.0323. The standard InChI is InChI=1S/C93H62N4O2/c1-5-27-64-66-37-23-47-76(92(66)98-80(64)6-2)94(78-54-62(52-50-56(78)3)58-28-11-7-12-29-58)72-43-25-45-74-84(72)68-39-21-41-70-86-83(61-34-17-10-18-35-61)91-87(82(60-32-15-9-16-33-60)90(86)96(74)88(68)70)71-42-22-40-69-85-73(44-26-46-75(85)97(91)89(69)71)95(79-55-63(53-51-57(79)4)59-30-13-8-14-31-59)77-48-24-38-67-65-36-19-20-49-81(65)99-93(67)77/h5-55H,2H2,1,3-4H3/b27-5-. The number of benzene rings is 14. The monoisotopic (exact) mass is 1270 g/mol. The summed E-state index contributed by atoms with van der Waals surface area (Å²) >= 11 is 0. The van der Waals surface area contributed by atoms with Gasteiger partial charge in [0.05, 0.1) is 55.8 Å². The van der Waals surface area contributed by atoms with Crippen molar-refractivity contribution in [3.63, 3.8) is 0 Å². The molecule has 20 aromatic rings. The number of aromatic nitrogens is 2. The molecular formula is C93H62N4O2. The van der Waals surface area contributed by atoms with E-state index in [1.807, 2.05) is 6.08 Å². The molecule has 0 atom stereocenters. The molecule has 466 valence electrons. The molecule has 0 radical (unpaired) electrons. The number of anilines is 6. The first-order valence-corrected chi connectivity index (χ1v) is 34.1. The van der Waals surface area contributed by atoms with Crippen LogP contribution in [0.15, 0.2) is 313 Å². The van der Waals surface area contributed by atoms with Crippen LogP contribution in [0.4, 0.5) is 34.1 Å². The molecule has 0 amide bonds. The Morgan fingerprint density at radius 1 is 0.323 bits per heavy atom. The Hall–Kier alpha value is -12.9. The average molecular weight is 1270 g/mol. The molecule has 99 heavy (non-hydrogen) atoms. The summed E-state index contributed by atoms with van der Waals surface area (Å²) in [6, 6.07) is 107. The number of fused-ring (bicyclic) bond motifs is 16. The molecule has 0 unspecified atom stereocenters. The van der Waals surface area contributed by atoms with E-state index < -0.39 is 0 Å². The number of para-hydroxylation sites is 5. The molecular weight excluding hydrogens is 1210 g/mol. The van der Waals surface area contributed by atoms with E-state index in [4.69, 9.17) is 8.83 Å². The zero-order valence-corrected chi connectivity index (χ0v) is 54.8. The van der Waals surface area contributed by atoms with E-state index in [0.717, 1.165) is 156 Å². The largest absolute Gasteiger partial charge is 0.454 e. The van der Waals surface area contributed by atoms with Gasteiger partial charge < -0.3 is 27.4 Å². The first kappa shape index (κ1) is 56.4. The minimum absolute atomic E-state index is 0.737. The normalized spacial score (nSPS) is 12.2. The molecule has 6 heteroatoms. The smallest absolute Gasteiger partial charge is 0.159 e. The zero-order valence-electron chi connectivity index (χ0n) is 54.8. The van der Waals surface area contributed by atoms with Gasteiger partial charge in [-0.3, -0.25) is 0 Å². The summed E-state index contributed by atoms with van der Waals surface area (Å²) in [7, 11) is 0. The molecule has 6 heterocycles. The maximum atomic E-state index is 7.03. The molecule has 6 nitrogen and oxygen atoms in total. The van der Waals surface area contributed by atoms with Gasteiger partial charge in [-0.25, -0.2) is 0 Å². The summed E-state index contributed by atoms with van der Waals surface area (Å²) in [6.45, 7) is 10.8. The summed E-state index contributed by atoms with van der Waals surface area (Å²) in [5, 5.41) is 12.6. The number of aryl methyl sites for hydroxylation is 2. The predicted molar refractivity (Wildman–Crippen MR) is 418 cm³/mol. The lowest BCUT2D eigenvalue weighted by atomic mass is 9.89. The fourth-order valence-corrected chi connectivity index (χ4v) is 16.7. The minimum atomic E-state index is 0.737. The van der Waals surface area contributed by atoms with Crippen LogP contribution in [-0.4, -0.2) is 8.80 Å². The van der Waals surface area contributed by atoms with Gasteiger partial charge in [0.15, 0.2) is 11.2 Å². The van der Waals surface area contributed by atoms with Crippen LogP contribution in [0.2, 0.25) is 0 Å². The van der Waals surface area contributed by atoms with Crippen LogP contribution < -0.4 is 9.80 Å². The van der Waals surface area contributed by atoms with E-state index in [1.54, 1.807) is 0 Å². The Labute approximate surface area is 571 Å². The van der Waals surface area contributed by atoms with Crippen LogP contribution in [0.1, 0.15) is 29.4 Å². The van der Waals surface area contributed by atoms with Crippen molar-refractivity contribution in [2.75, 3.05) is 9.80 Å². The third-order valence-electron chi connectivity index (χ3n) is 20.9. The van der Waals surface area contributed by atoms with E-state index >= 15 is 0 Å². The third-order valence-corrected chi connectivity index (χ3v) is 20.9. The molecule has 0 aliphatic carbocycles. The highest BCUT2D eigenvalue weighted by atomic mass is 16.3. The van der Waals surface area contributed by atoms with Crippen LogP contribution in [0.3, 0.4) is 0 Å². The van der Waals surface area contributed by atoms with Gasteiger partial charge in [-0.1, -0.05) is 255 Å². The second-order valence-corrected chi connectivity index (χ2v) is 26.2. The molecule has 14 aromatic carbocycles. The van der Waals surface area contributed by atoms with E-state index in [9.17, 15) is 0 Å². The molecule has 0 bridgehead atoms. The number of nitrogens with zero attached hydrogens (tertiary/aromatic N) is 4. The van der Waals surface area contributed by atoms with E-state index in [0.29, 0.717) is 0 Å². The van der Waals surface area contributed by atoms with Gasteiger partial charge in [0.2, 0.25) is 0 Å². The number of hydrogen-bond donors (Lipinski definition) is 0. The lowest BCUT2D eigenvalue weighted by Crippen LogP contribution is -2.12. The maximum Gasteiger partial charge on any atom is 0.159 e. The Morgan fingerprint density at radius 2 is 0.717 bits per heavy atom. The molecule has 0 fully saturated rings. The van der Waals surface area contributed by atoms with E-state index in [-0.39, 0.29) is 0 Å². The Morgan fingerprint density at radius 3 is 1.20 bits per heavy atom. The lowest BCUT2D eigenvalue weighted by molar-refractivity contribution is 0.604. The predicted octanol–water partition coefficient (Wildman–Crippen LogP) is 26.5. The topological polar surface area (TPSA) is 41.6 Å². The molecule has 0 saturated carbocycles. The van der Waals surface area contributed by atoms with E-state index in [2.05, 4.69) is 349 Å². The Kier molecular flexibility index (Phi) is 12.4. The fourth-order valence-electron chi connectivity index (χ4n) is 16.7. The zero-order chi connectivity index (χ0) is 65.7. The minimum Gasteiger partial charge on any atom is -0.454 e. The quantitative estimate of drug-likeness (QED) is 0.122. The summed E-state index contributed by atoms with van der Waals surface area (Å²) < 4.78 is 19.3. The highest BCUT2D eigenvalue weighted by Gasteiger charge is 2.34. The van der Waals surface area contributed by atoms with Crippen LogP contribution in [0.5, 0.6) is 0 Å². The van der Waals surface area contributed by atoms with Crippen molar-refractivity contribution in [1.29, 1.82) is 0 Å². The molecule has 20 rings (SSSR count). The van der Waals surface area contributed by atoms with Crippen molar-refractivity contribution in [3.05, 3.63) is 326 Å². The van der Waals surface area contributed by atoms with Crippen molar-refractivity contribution >= 4 is 155 Å². The second-order valence-electron chi connectivity index (χ2n) is 26.2. The van der Waals surface area contributed by atoms with Crippen molar-refractivity contribution in [1.82, 2.24) is 8.80 Å². The van der Waals surface area contributed by atoms with Gasteiger partial charge in [-0.15, -0.1) is 0 Å². The number of allylic oxidation sites excluding steroid dienone is 1. The van der Waals surface area contributed by atoms with Crippen molar-refractivity contribution in [3.8, 4) is 44.5 Å². The van der Waals surface area contributed by atoms with Gasteiger partial charge in [-0.05, 0) is 126 Å². The van der Waals surface area contributed by atoms with Gasteiger partial charge in [0.1, 0.15) is 11.3 Å². The SMILES string of the molecule is C=Cc1oc2c(N(c3cc(-c4ccccc4)ccc3C)c3cccc4c3c3cccc5c6c(-c7ccccc7)c7c(c(-c8ccccc8)c6n4c35)c3cccc4c5c(N(c6cc(-c8ccccc8)ccc6C)c6cccc8c6oc6ccccc68)cccc5n7c43)cccc2c1/C=C\C. The number of rotatable bonds is 12. The van der Waals surface area contributed by atoms with Crippen LogP contribution >= 0.6 is 0 Å². The highest BCUT2D eigenvalue weighted by Crippen LogP contribution is 2.58. The first-order valence-electron chi connectivity index (χ1n) is 34.1. The molecule has 0 aliphatic rings. The summed E-state index contributed by atoms with van der Waals surface area (Å²) in [4.78, 5) is 4.94. The number of hydrogen-bond acceptors (Lipinski definition) is 4.